The molecule has 19 heavy (non-hydrogen) atoms. The molecule has 0 spiro atoms. The molecule has 5 nitrogen and oxygen atoms in total. The highest BCUT2D eigenvalue weighted by Crippen LogP contribution is 2.33. The van der Waals surface area contributed by atoms with E-state index in [1.54, 1.807) is 32.4 Å². The second-order valence-corrected chi connectivity index (χ2v) is 3.80. The van der Waals surface area contributed by atoms with E-state index in [0.29, 0.717) is 28.6 Å². The van der Waals surface area contributed by atoms with E-state index in [2.05, 4.69) is 10.2 Å². The molecular weight excluding hydrogens is 242 g/mol. The van der Waals surface area contributed by atoms with E-state index in [1.165, 1.54) is 0 Å². The molecule has 0 radical (unpaired) electrons. The molecule has 0 aromatic heterocycles. The maximum Gasteiger partial charge on any atom is 0.148 e. The monoisotopic (exact) mass is 257 g/mol. The number of rotatable bonds is 4. The zero-order valence-electron chi connectivity index (χ0n) is 10.8. The van der Waals surface area contributed by atoms with Crippen LogP contribution in [0.1, 0.15) is 0 Å². The van der Waals surface area contributed by atoms with Gasteiger partial charge in [-0.15, -0.1) is 10.2 Å². The van der Waals surface area contributed by atoms with Crippen LogP contribution in [0.3, 0.4) is 0 Å². The van der Waals surface area contributed by atoms with Crippen molar-refractivity contribution in [1.82, 2.24) is 0 Å². The fraction of sp³-hybridized carbons (Fsp3) is 0.143. The minimum absolute atomic E-state index is 0.582. The Morgan fingerprint density at radius 1 is 0.842 bits per heavy atom. The number of hydrogen-bond donors (Lipinski definition) is 1. The molecular formula is C14H15N3O2. The maximum atomic E-state index is 5.68. The lowest BCUT2D eigenvalue weighted by Gasteiger charge is -2.05. The van der Waals surface area contributed by atoms with E-state index < -0.39 is 0 Å². The summed E-state index contributed by atoms with van der Waals surface area (Å²) in [4.78, 5) is 0. The predicted molar refractivity (Wildman–Crippen MR) is 74.6 cm³/mol. The van der Waals surface area contributed by atoms with Crippen molar-refractivity contribution < 1.29 is 9.47 Å². The molecule has 2 N–H and O–H groups in total. The third kappa shape index (κ3) is 3.01. The van der Waals surface area contributed by atoms with Gasteiger partial charge in [-0.2, -0.15) is 0 Å². The molecule has 0 fully saturated rings. The van der Waals surface area contributed by atoms with Crippen molar-refractivity contribution in [3.63, 3.8) is 0 Å². The van der Waals surface area contributed by atoms with Crippen molar-refractivity contribution in [2.45, 2.75) is 0 Å². The van der Waals surface area contributed by atoms with Crippen molar-refractivity contribution in [3.8, 4) is 11.5 Å². The number of methoxy groups -OCH3 is 2. The lowest BCUT2D eigenvalue weighted by molar-refractivity contribution is 0.414. The second-order valence-electron chi connectivity index (χ2n) is 3.80. The summed E-state index contributed by atoms with van der Waals surface area (Å²) in [6.07, 6.45) is 0. The zero-order valence-corrected chi connectivity index (χ0v) is 10.8. The van der Waals surface area contributed by atoms with Gasteiger partial charge >= 0.3 is 0 Å². The van der Waals surface area contributed by atoms with E-state index in [1.807, 2.05) is 24.3 Å². The van der Waals surface area contributed by atoms with Crippen LogP contribution in [-0.2, 0) is 0 Å². The third-order valence-electron chi connectivity index (χ3n) is 2.55. The minimum atomic E-state index is 0.582. The summed E-state index contributed by atoms with van der Waals surface area (Å²) < 4.78 is 10.4. The van der Waals surface area contributed by atoms with Crippen molar-refractivity contribution in [2.75, 3.05) is 20.0 Å². The summed E-state index contributed by atoms with van der Waals surface area (Å²) in [6.45, 7) is 0. The molecule has 0 aliphatic rings. The number of anilines is 1. The van der Waals surface area contributed by atoms with Gasteiger partial charge < -0.3 is 15.2 Å². The molecule has 5 heteroatoms. The van der Waals surface area contributed by atoms with E-state index in [9.17, 15) is 0 Å². The number of hydrogen-bond acceptors (Lipinski definition) is 5. The molecule has 0 unspecified atom stereocenters. The molecule has 2 rings (SSSR count). The minimum Gasteiger partial charge on any atom is -0.494 e. The standard InChI is InChI=1S/C14H15N3O2/c1-18-13-6-4-3-5-11(13)16-17-12-8-7-10(15)9-14(12)19-2/h3-9H,15H2,1-2H3. The molecule has 0 amide bonds. The highest BCUT2D eigenvalue weighted by Gasteiger charge is 2.03. The number of benzene rings is 2. The Kier molecular flexibility index (Phi) is 3.97. The SMILES string of the molecule is COc1ccccc1N=Nc1ccc(N)cc1OC. The Balaban J connectivity index is 2.32. The number of azo groups is 1. The normalized spacial score (nSPS) is 10.6. The molecule has 2 aromatic rings. The maximum absolute atomic E-state index is 5.68. The van der Waals surface area contributed by atoms with Gasteiger partial charge in [0, 0.05) is 11.8 Å². The number of nitrogens with zero attached hydrogens (tertiary/aromatic N) is 2. The predicted octanol–water partition coefficient (Wildman–Crippen LogP) is 3.70. The molecule has 0 heterocycles. The lowest BCUT2D eigenvalue weighted by atomic mass is 10.2. The van der Waals surface area contributed by atoms with E-state index in [0.717, 1.165) is 0 Å². The van der Waals surface area contributed by atoms with Crippen molar-refractivity contribution >= 4 is 17.1 Å². The first kappa shape index (κ1) is 12.9. The van der Waals surface area contributed by atoms with Gasteiger partial charge in [-0.1, -0.05) is 12.1 Å². The van der Waals surface area contributed by atoms with Gasteiger partial charge in [-0.25, -0.2) is 0 Å². The van der Waals surface area contributed by atoms with Crippen LogP contribution in [-0.4, -0.2) is 14.2 Å². The number of nitrogen functional groups attached to an aromatic ring is 1. The smallest absolute Gasteiger partial charge is 0.148 e. The van der Waals surface area contributed by atoms with Crippen LogP contribution >= 0.6 is 0 Å². The third-order valence-corrected chi connectivity index (χ3v) is 2.55. The van der Waals surface area contributed by atoms with Crippen molar-refractivity contribution in [1.29, 1.82) is 0 Å². The molecule has 0 bridgehead atoms. The number of para-hydroxylation sites is 1. The molecule has 2 aromatic carbocycles. The number of ether oxygens (including phenoxy) is 2. The van der Waals surface area contributed by atoms with E-state index >= 15 is 0 Å². The molecule has 0 saturated heterocycles. The Labute approximate surface area is 111 Å². The summed E-state index contributed by atoms with van der Waals surface area (Å²) in [5.74, 6) is 1.25. The van der Waals surface area contributed by atoms with E-state index in [4.69, 9.17) is 15.2 Å². The van der Waals surface area contributed by atoms with Gasteiger partial charge in [0.1, 0.15) is 22.9 Å². The van der Waals surface area contributed by atoms with Gasteiger partial charge in [-0.3, -0.25) is 0 Å². The van der Waals surface area contributed by atoms with Crippen LogP contribution < -0.4 is 15.2 Å². The Bertz CT molecular complexity index is 597. The molecule has 0 aliphatic carbocycles. The molecule has 0 aliphatic heterocycles. The largest absolute Gasteiger partial charge is 0.494 e. The summed E-state index contributed by atoms with van der Waals surface area (Å²) in [7, 11) is 3.16. The van der Waals surface area contributed by atoms with Crippen molar-refractivity contribution in [3.05, 3.63) is 42.5 Å². The molecule has 0 saturated carbocycles. The average molecular weight is 257 g/mol. The Morgan fingerprint density at radius 3 is 2.16 bits per heavy atom. The van der Waals surface area contributed by atoms with Crippen LogP contribution in [0, 0.1) is 0 Å². The summed E-state index contributed by atoms with van der Waals surface area (Å²) >= 11 is 0. The van der Waals surface area contributed by atoms with Gasteiger partial charge in [0.05, 0.1) is 14.2 Å². The average Bonchev–Trinajstić information content (AvgIpc) is 2.46. The number of nitrogens with two attached hydrogens (primary N) is 1. The zero-order chi connectivity index (χ0) is 13.7. The topological polar surface area (TPSA) is 69.2 Å². The lowest BCUT2D eigenvalue weighted by Crippen LogP contribution is -1.87. The second kappa shape index (κ2) is 5.86. The summed E-state index contributed by atoms with van der Waals surface area (Å²) in [5, 5.41) is 8.33. The van der Waals surface area contributed by atoms with Crippen LogP contribution in [0.25, 0.3) is 0 Å². The summed E-state index contributed by atoms with van der Waals surface area (Å²) in [6, 6.07) is 12.6. The van der Waals surface area contributed by atoms with Crippen LogP contribution in [0.15, 0.2) is 52.7 Å². The van der Waals surface area contributed by atoms with Crippen molar-refractivity contribution in [2.24, 2.45) is 10.2 Å². The molecule has 0 atom stereocenters. The quantitative estimate of drug-likeness (QED) is 0.670. The Hall–Kier alpha value is -2.56. The van der Waals surface area contributed by atoms with Gasteiger partial charge in [0.2, 0.25) is 0 Å². The highest BCUT2D eigenvalue weighted by atomic mass is 16.5. The van der Waals surface area contributed by atoms with Crippen LogP contribution in [0.2, 0.25) is 0 Å². The van der Waals surface area contributed by atoms with Crippen LogP contribution in [0.4, 0.5) is 17.1 Å². The van der Waals surface area contributed by atoms with Gasteiger partial charge in [0.15, 0.2) is 0 Å². The summed E-state index contributed by atoms with van der Waals surface area (Å²) in [5.41, 5.74) is 7.57. The first-order chi connectivity index (χ1) is 9.24. The van der Waals surface area contributed by atoms with Gasteiger partial charge in [0.25, 0.3) is 0 Å². The highest BCUT2D eigenvalue weighted by molar-refractivity contribution is 5.59. The fourth-order valence-electron chi connectivity index (χ4n) is 1.60. The molecule has 98 valence electrons. The van der Waals surface area contributed by atoms with Gasteiger partial charge in [-0.05, 0) is 24.3 Å². The first-order valence-electron chi connectivity index (χ1n) is 5.73. The van der Waals surface area contributed by atoms with E-state index in [-0.39, 0.29) is 0 Å². The first-order valence-corrected chi connectivity index (χ1v) is 5.73. The van der Waals surface area contributed by atoms with Crippen LogP contribution in [0.5, 0.6) is 11.5 Å². The fourth-order valence-corrected chi connectivity index (χ4v) is 1.60. The Morgan fingerprint density at radius 2 is 1.47 bits per heavy atom.